The average Bonchev–Trinajstić information content (AvgIpc) is 2.71. The smallest absolute Gasteiger partial charge is 0.324 e. The fraction of sp³-hybridized carbons (Fsp3) is 0.167. The van der Waals surface area contributed by atoms with Crippen LogP contribution in [0.1, 0.15) is 5.56 Å². The van der Waals surface area contributed by atoms with Crippen molar-refractivity contribution in [3.05, 3.63) is 46.6 Å². The third-order valence-electron chi connectivity index (χ3n) is 2.46. The number of hydrogen-bond donors (Lipinski definition) is 1. The van der Waals surface area contributed by atoms with Crippen LogP contribution in [-0.2, 0) is 18.4 Å². The molecule has 1 N–H and O–H groups in total. The van der Waals surface area contributed by atoms with Crippen LogP contribution in [0.5, 0.6) is 0 Å². The third-order valence-corrected chi connectivity index (χ3v) is 2.46. The summed E-state index contributed by atoms with van der Waals surface area (Å²) in [6.45, 7) is -0.170. The van der Waals surface area contributed by atoms with E-state index in [0.29, 0.717) is 11.3 Å². The van der Waals surface area contributed by atoms with Gasteiger partial charge < -0.3 is 5.32 Å². The van der Waals surface area contributed by atoms with Crippen LogP contribution in [0, 0.1) is 11.3 Å². The molecule has 1 heterocycles. The fourth-order valence-electron chi connectivity index (χ4n) is 1.53. The van der Waals surface area contributed by atoms with Gasteiger partial charge in [0, 0.05) is 12.7 Å². The summed E-state index contributed by atoms with van der Waals surface area (Å²) >= 11 is 0. The third kappa shape index (κ3) is 2.87. The highest BCUT2D eigenvalue weighted by Crippen LogP contribution is 2.09. The van der Waals surface area contributed by atoms with E-state index in [0.717, 1.165) is 4.68 Å². The lowest BCUT2D eigenvalue weighted by Crippen LogP contribution is -2.29. The van der Waals surface area contributed by atoms with Crippen LogP contribution >= 0.6 is 0 Å². The van der Waals surface area contributed by atoms with Crippen molar-refractivity contribution in [3.63, 3.8) is 0 Å². The number of carbonyl (C=O) groups excluding carboxylic acids is 1. The lowest BCUT2D eigenvalue weighted by Gasteiger charge is -2.04. The Labute approximate surface area is 108 Å². The van der Waals surface area contributed by atoms with Gasteiger partial charge in [0.15, 0.2) is 0 Å². The number of rotatable bonds is 3. The molecule has 0 atom stereocenters. The Morgan fingerprint density at radius 3 is 2.95 bits per heavy atom. The molecule has 0 fully saturated rings. The molecular formula is C12H11N5O2. The van der Waals surface area contributed by atoms with Gasteiger partial charge >= 0.3 is 5.69 Å². The molecular weight excluding hydrogens is 246 g/mol. The fourth-order valence-corrected chi connectivity index (χ4v) is 1.53. The predicted octanol–water partition coefficient (Wildman–Crippen LogP) is 0.0922. The predicted molar refractivity (Wildman–Crippen MR) is 67.3 cm³/mol. The van der Waals surface area contributed by atoms with Crippen molar-refractivity contribution in [2.24, 2.45) is 7.05 Å². The van der Waals surface area contributed by atoms with E-state index in [-0.39, 0.29) is 18.1 Å². The summed E-state index contributed by atoms with van der Waals surface area (Å²) in [5.41, 5.74) is 0.599. The Balaban J connectivity index is 2.08. The van der Waals surface area contributed by atoms with Gasteiger partial charge in [-0.3, -0.25) is 9.36 Å². The maximum Gasteiger partial charge on any atom is 0.345 e. The van der Waals surface area contributed by atoms with Gasteiger partial charge in [0.2, 0.25) is 5.91 Å². The second-order valence-corrected chi connectivity index (χ2v) is 3.92. The van der Waals surface area contributed by atoms with Crippen LogP contribution in [0.25, 0.3) is 0 Å². The Morgan fingerprint density at radius 2 is 2.32 bits per heavy atom. The molecule has 1 amide bonds. The lowest BCUT2D eigenvalue weighted by molar-refractivity contribution is -0.117. The topological polar surface area (TPSA) is 92.7 Å². The van der Waals surface area contributed by atoms with Crippen molar-refractivity contribution in [1.82, 2.24) is 14.3 Å². The Bertz CT molecular complexity index is 707. The number of aromatic nitrogens is 3. The first-order valence-corrected chi connectivity index (χ1v) is 5.48. The zero-order valence-electron chi connectivity index (χ0n) is 10.2. The van der Waals surface area contributed by atoms with E-state index in [1.807, 2.05) is 6.07 Å². The minimum absolute atomic E-state index is 0.170. The molecule has 0 radical (unpaired) electrons. The van der Waals surface area contributed by atoms with Crippen LogP contribution in [-0.4, -0.2) is 20.3 Å². The Hall–Kier alpha value is -2.88. The second-order valence-electron chi connectivity index (χ2n) is 3.92. The number of benzene rings is 1. The molecule has 7 nitrogen and oxygen atoms in total. The molecule has 7 heteroatoms. The Morgan fingerprint density at radius 1 is 1.53 bits per heavy atom. The van der Waals surface area contributed by atoms with Crippen molar-refractivity contribution in [2.75, 3.05) is 5.32 Å². The first-order valence-electron chi connectivity index (χ1n) is 5.48. The number of hydrogen-bond acceptors (Lipinski definition) is 4. The van der Waals surface area contributed by atoms with Crippen LogP contribution in [0.2, 0.25) is 0 Å². The minimum Gasteiger partial charge on any atom is -0.324 e. The van der Waals surface area contributed by atoms with E-state index in [4.69, 9.17) is 5.26 Å². The van der Waals surface area contributed by atoms with Crippen LogP contribution < -0.4 is 11.0 Å². The van der Waals surface area contributed by atoms with Crippen molar-refractivity contribution in [1.29, 1.82) is 5.26 Å². The van der Waals surface area contributed by atoms with Crippen molar-refractivity contribution in [3.8, 4) is 6.07 Å². The molecule has 0 aliphatic carbocycles. The number of nitriles is 1. The molecule has 1 aromatic heterocycles. The van der Waals surface area contributed by atoms with Crippen LogP contribution in [0.4, 0.5) is 5.69 Å². The summed E-state index contributed by atoms with van der Waals surface area (Å²) in [7, 11) is 1.56. The van der Waals surface area contributed by atoms with Crippen molar-refractivity contribution >= 4 is 11.6 Å². The first kappa shape index (κ1) is 12.6. The van der Waals surface area contributed by atoms with Gasteiger partial charge in [-0.2, -0.15) is 10.4 Å². The molecule has 0 spiro atoms. The van der Waals surface area contributed by atoms with Gasteiger partial charge in [-0.1, -0.05) is 6.07 Å². The SMILES string of the molecule is Cn1cnn(CC(=O)Nc2cccc(C#N)c2)c1=O. The molecule has 0 saturated heterocycles. The van der Waals surface area contributed by atoms with E-state index < -0.39 is 0 Å². The summed E-state index contributed by atoms with van der Waals surface area (Å²) in [4.78, 5) is 23.2. The number of amides is 1. The van der Waals surface area contributed by atoms with E-state index in [9.17, 15) is 9.59 Å². The van der Waals surface area contributed by atoms with Gasteiger partial charge in [-0.05, 0) is 18.2 Å². The van der Waals surface area contributed by atoms with Gasteiger partial charge in [-0.15, -0.1) is 0 Å². The maximum absolute atomic E-state index is 11.7. The summed E-state index contributed by atoms with van der Waals surface area (Å²) in [6.07, 6.45) is 1.34. The van der Waals surface area contributed by atoms with E-state index in [1.165, 1.54) is 10.9 Å². The first-order chi connectivity index (χ1) is 9.10. The second kappa shape index (κ2) is 5.18. The van der Waals surface area contributed by atoms with Gasteiger partial charge in [0.1, 0.15) is 12.9 Å². The summed E-state index contributed by atoms with van der Waals surface area (Å²) in [5.74, 6) is -0.379. The van der Waals surface area contributed by atoms with Crippen molar-refractivity contribution in [2.45, 2.75) is 6.54 Å². The number of carbonyl (C=O) groups is 1. The van der Waals surface area contributed by atoms with Crippen LogP contribution in [0.3, 0.4) is 0 Å². The lowest BCUT2D eigenvalue weighted by atomic mass is 10.2. The Kier molecular flexibility index (Phi) is 3.43. The summed E-state index contributed by atoms with van der Waals surface area (Å²) in [5, 5.41) is 15.1. The maximum atomic E-state index is 11.7. The van der Waals surface area contributed by atoms with Crippen LogP contribution in [0.15, 0.2) is 35.4 Å². The number of aryl methyl sites for hydroxylation is 1. The molecule has 0 aliphatic heterocycles. The van der Waals surface area contributed by atoms with Crippen molar-refractivity contribution < 1.29 is 4.79 Å². The zero-order chi connectivity index (χ0) is 13.8. The number of nitrogens with one attached hydrogen (secondary N) is 1. The van der Waals surface area contributed by atoms with E-state index >= 15 is 0 Å². The molecule has 19 heavy (non-hydrogen) atoms. The molecule has 1 aromatic carbocycles. The molecule has 0 unspecified atom stereocenters. The minimum atomic E-state index is -0.379. The highest BCUT2D eigenvalue weighted by atomic mass is 16.2. The summed E-state index contributed by atoms with van der Waals surface area (Å²) in [6, 6.07) is 8.51. The highest BCUT2D eigenvalue weighted by Gasteiger charge is 2.08. The van der Waals surface area contributed by atoms with E-state index in [2.05, 4.69) is 10.4 Å². The quantitative estimate of drug-likeness (QED) is 0.843. The molecule has 0 saturated carbocycles. The summed E-state index contributed by atoms with van der Waals surface area (Å²) < 4.78 is 2.34. The molecule has 0 aliphatic rings. The zero-order valence-corrected chi connectivity index (χ0v) is 10.2. The normalized spacial score (nSPS) is 9.89. The highest BCUT2D eigenvalue weighted by molar-refractivity contribution is 5.90. The van der Waals surface area contributed by atoms with E-state index in [1.54, 1.807) is 31.3 Å². The standard InChI is InChI=1S/C12H11N5O2/c1-16-8-14-17(12(16)19)7-11(18)15-10-4-2-3-9(5-10)6-13/h2-5,8H,7H2,1H3,(H,15,18). The monoisotopic (exact) mass is 257 g/mol. The number of nitrogens with zero attached hydrogens (tertiary/aromatic N) is 4. The average molecular weight is 257 g/mol. The molecule has 96 valence electrons. The molecule has 2 aromatic rings. The van der Waals surface area contributed by atoms with Gasteiger partial charge in [-0.25, -0.2) is 9.48 Å². The number of anilines is 1. The molecule has 0 bridgehead atoms. The largest absolute Gasteiger partial charge is 0.345 e. The van der Waals surface area contributed by atoms with Gasteiger partial charge in [0.05, 0.1) is 11.6 Å². The van der Waals surface area contributed by atoms with Gasteiger partial charge in [0.25, 0.3) is 0 Å². The molecule has 2 rings (SSSR count).